The third-order valence-electron chi connectivity index (χ3n) is 4.56. The lowest BCUT2D eigenvalue weighted by Crippen LogP contribution is -2.19. The quantitative estimate of drug-likeness (QED) is 0.449. The number of allylic oxidation sites excluding steroid dienone is 2. The molecule has 0 bridgehead atoms. The van der Waals surface area contributed by atoms with Crippen molar-refractivity contribution in [1.29, 1.82) is 0 Å². The second-order valence-corrected chi connectivity index (χ2v) is 9.18. The van der Waals surface area contributed by atoms with Gasteiger partial charge in [-0.15, -0.1) is 0 Å². The van der Waals surface area contributed by atoms with Gasteiger partial charge >= 0.3 is 0 Å². The molecule has 25 heavy (non-hydrogen) atoms. The fraction of sp³-hybridized carbons (Fsp3) is 0.286. The lowest BCUT2D eigenvalue weighted by atomic mass is 9.79. The third-order valence-corrected chi connectivity index (χ3v) is 6.94. The van der Waals surface area contributed by atoms with Crippen LogP contribution in [-0.2, 0) is 0 Å². The predicted octanol–water partition coefficient (Wildman–Crippen LogP) is 7.02. The Balaban J connectivity index is 1.99. The molecule has 1 heterocycles. The van der Waals surface area contributed by atoms with Crippen LogP contribution in [0.25, 0.3) is 5.57 Å². The topological polar surface area (TPSA) is 24.9 Å². The molecule has 1 N–H and O–H groups in total. The summed E-state index contributed by atoms with van der Waals surface area (Å²) in [7, 11) is 0. The van der Waals surface area contributed by atoms with Gasteiger partial charge in [-0.3, -0.25) is 0 Å². The summed E-state index contributed by atoms with van der Waals surface area (Å²) in [5.74, 6) is 0.866. The van der Waals surface area contributed by atoms with Crippen LogP contribution in [0, 0.1) is 8.99 Å². The number of aromatic nitrogens is 1. The molecule has 0 spiro atoms. The van der Waals surface area contributed by atoms with Gasteiger partial charge in [0.15, 0.2) is 0 Å². The van der Waals surface area contributed by atoms with E-state index in [-0.39, 0.29) is 0 Å². The largest absolute Gasteiger partial charge is 0.344 e. The van der Waals surface area contributed by atoms with E-state index in [1.54, 1.807) is 0 Å². The number of anilines is 1. The predicted molar refractivity (Wildman–Crippen MR) is 119 cm³/mol. The Morgan fingerprint density at radius 2 is 2.00 bits per heavy atom. The van der Waals surface area contributed by atoms with E-state index in [0.29, 0.717) is 5.41 Å². The summed E-state index contributed by atoms with van der Waals surface area (Å²) < 4.78 is 2.11. The van der Waals surface area contributed by atoms with Crippen molar-refractivity contribution in [2.75, 3.05) is 5.32 Å². The first-order valence-corrected chi connectivity index (χ1v) is 10.3. The molecule has 1 aliphatic carbocycles. The average Bonchev–Trinajstić information content (AvgIpc) is 2.58. The normalized spacial score (nSPS) is 16.2. The van der Waals surface area contributed by atoms with Gasteiger partial charge in [-0.1, -0.05) is 56.8 Å². The van der Waals surface area contributed by atoms with Crippen molar-refractivity contribution in [2.45, 2.75) is 33.1 Å². The number of rotatable bonds is 4. The van der Waals surface area contributed by atoms with Gasteiger partial charge in [0, 0.05) is 25.5 Å². The number of nitrogens with zero attached hydrogens (tertiary/aromatic N) is 1. The van der Waals surface area contributed by atoms with Crippen LogP contribution in [0.3, 0.4) is 0 Å². The smallest absolute Gasteiger partial charge is 0.139 e. The second-order valence-electron chi connectivity index (χ2n) is 7.22. The lowest BCUT2D eigenvalue weighted by Gasteiger charge is -2.30. The maximum Gasteiger partial charge on any atom is 0.139 e. The molecule has 1 aliphatic rings. The monoisotopic (exact) mass is 508 g/mol. The number of benzene rings is 1. The van der Waals surface area contributed by atoms with Crippen molar-refractivity contribution in [3.05, 3.63) is 74.1 Å². The van der Waals surface area contributed by atoms with Gasteiger partial charge in [-0.05, 0) is 74.3 Å². The molecule has 0 saturated carbocycles. The van der Waals surface area contributed by atoms with Gasteiger partial charge < -0.3 is 5.32 Å². The molecule has 3 rings (SSSR count). The molecule has 0 unspecified atom stereocenters. The molecule has 0 atom stereocenters. The minimum absolute atomic E-state index is 0.328. The van der Waals surface area contributed by atoms with Gasteiger partial charge in [0.2, 0.25) is 0 Å². The van der Waals surface area contributed by atoms with Gasteiger partial charge in [-0.25, -0.2) is 4.98 Å². The number of hydrogen-bond donors (Lipinski definition) is 1. The Labute approximate surface area is 172 Å². The summed E-state index contributed by atoms with van der Waals surface area (Å²) in [6, 6.07) is 10.3. The summed E-state index contributed by atoms with van der Waals surface area (Å²) >= 11 is 6.05. The summed E-state index contributed by atoms with van der Waals surface area (Å²) in [6.45, 7) is 8.99. The maximum atomic E-state index is 4.68. The highest BCUT2D eigenvalue weighted by Gasteiger charge is 2.24. The van der Waals surface area contributed by atoms with Crippen LogP contribution in [-0.4, -0.2) is 4.98 Å². The standard InChI is InChI=1S/C21H22BrIN2/c1-14(15-8-5-4-6-9-15)18-19(22)17(23)13-24-20(18)25-16-10-7-11-21(2,3)12-16/h4-6,8-10,13H,1,7,11-12H2,2-3H3,(H,24,25). The molecular formula is C21H22BrIN2. The van der Waals surface area contributed by atoms with E-state index in [1.165, 1.54) is 12.1 Å². The molecule has 4 heteroatoms. The van der Waals surface area contributed by atoms with Crippen LogP contribution in [0.4, 0.5) is 5.82 Å². The fourth-order valence-corrected chi connectivity index (χ4v) is 4.12. The highest BCUT2D eigenvalue weighted by molar-refractivity contribution is 14.1. The molecule has 0 amide bonds. The van der Waals surface area contributed by atoms with E-state index in [1.807, 2.05) is 24.4 Å². The van der Waals surface area contributed by atoms with E-state index in [0.717, 1.165) is 43.4 Å². The Kier molecular flexibility index (Phi) is 5.68. The molecule has 2 aromatic rings. The van der Waals surface area contributed by atoms with Crippen molar-refractivity contribution < 1.29 is 0 Å². The number of nitrogens with one attached hydrogen (secondary N) is 1. The van der Waals surface area contributed by atoms with E-state index in [4.69, 9.17) is 0 Å². The maximum absolute atomic E-state index is 4.68. The van der Waals surface area contributed by atoms with Crippen LogP contribution in [0.15, 0.2) is 59.4 Å². The first-order chi connectivity index (χ1) is 11.9. The first-order valence-electron chi connectivity index (χ1n) is 8.42. The fourth-order valence-electron chi connectivity index (χ4n) is 3.18. The SMILES string of the molecule is C=C(c1ccccc1)c1c(NC2=CCCC(C)(C)C2)ncc(I)c1Br. The van der Waals surface area contributed by atoms with Crippen LogP contribution < -0.4 is 5.32 Å². The zero-order valence-electron chi connectivity index (χ0n) is 14.6. The second kappa shape index (κ2) is 7.62. The van der Waals surface area contributed by atoms with Gasteiger partial charge in [0.05, 0.1) is 0 Å². The molecule has 0 radical (unpaired) electrons. The van der Waals surface area contributed by atoms with E-state index >= 15 is 0 Å². The summed E-state index contributed by atoms with van der Waals surface area (Å²) in [4.78, 5) is 4.68. The van der Waals surface area contributed by atoms with Crippen LogP contribution in [0.1, 0.15) is 44.2 Å². The molecule has 0 saturated heterocycles. The van der Waals surface area contributed by atoms with Crippen molar-refractivity contribution in [3.8, 4) is 0 Å². The molecule has 130 valence electrons. The van der Waals surface area contributed by atoms with Crippen LogP contribution >= 0.6 is 38.5 Å². The Morgan fingerprint density at radius 1 is 1.28 bits per heavy atom. The number of pyridine rings is 1. The van der Waals surface area contributed by atoms with Gasteiger partial charge in [0.1, 0.15) is 5.82 Å². The Morgan fingerprint density at radius 3 is 2.68 bits per heavy atom. The Bertz CT molecular complexity index is 825. The Hall–Kier alpha value is -1.14. The first kappa shape index (κ1) is 18.6. The molecule has 0 aliphatic heterocycles. The van der Waals surface area contributed by atoms with Crippen LogP contribution in [0.2, 0.25) is 0 Å². The molecular weight excluding hydrogens is 487 g/mol. The summed E-state index contributed by atoms with van der Waals surface area (Å²) in [5, 5.41) is 3.58. The van der Waals surface area contributed by atoms with E-state index < -0.39 is 0 Å². The van der Waals surface area contributed by atoms with Gasteiger partial charge in [-0.2, -0.15) is 0 Å². The minimum atomic E-state index is 0.328. The number of halogens is 2. The van der Waals surface area contributed by atoms with Crippen molar-refractivity contribution in [1.82, 2.24) is 4.98 Å². The number of hydrogen-bond acceptors (Lipinski definition) is 2. The minimum Gasteiger partial charge on any atom is -0.344 e. The van der Waals surface area contributed by atoms with Crippen molar-refractivity contribution in [3.63, 3.8) is 0 Å². The average molecular weight is 509 g/mol. The molecule has 1 aromatic heterocycles. The summed E-state index contributed by atoms with van der Waals surface area (Å²) in [5.41, 5.74) is 4.68. The van der Waals surface area contributed by atoms with Crippen molar-refractivity contribution in [2.24, 2.45) is 5.41 Å². The van der Waals surface area contributed by atoms with E-state index in [9.17, 15) is 0 Å². The molecule has 2 nitrogen and oxygen atoms in total. The van der Waals surface area contributed by atoms with Crippen molar-refractivity contribution >= 4 is 49.9 Å². The third kappa shape index (κ3) is 4.34. The van der Waals surface area contributed by atoms with Gasteiger partial charge in [0.25, 0.3) is 0 Å². The lowest BCUT2D eigenvalue weighted by molar-refractivity contribution is 0.321. The summed E-state index contributed by atoms with van der Waals surface area (Å²) in [6.07, 6.45) is 7.56. The van der Waals surface area contributed by atoms with E-state index in [2.05, 4.69) is 87.5 Å². The highest BCUT2D eigenvalue weighted by atomic mass is 127. The van der Waals surface area contributed by atoms with Crippen LogP contribution in [0.5, 0.6) is 0 Å². The highest BCUT2D eigenvalue weighted by Crippen LogP contribution is 2.39. The zero-order valence-corrected chi connectivity index (χ0v) is 18.3. The zero-order chi connectivity index (χ0) is 18.0. The molecule has 0 fully saturated rings. The molecule has 1 aromatic carbocycles.